The topological polar surface area (TPSA) is 52.3 Å². The van der Waals surface area contributed by atoms with Gasteiger partial charge in [0.25, 0.3) is 0 Å². The van der Waals surface area contributed by atoms with Gasteiger partial charge in [-0.25, -0.2) is 0 Å². The van der Waals surface area contributed by atoms with Gasteiger partial charge >= 0.3 is 0 Å². The molecule has 2 N–H and O–H groups in total. The SMILES string of the molecule is COC1(CCc2ccc(C(=O)CN)cc2)CC1. The van der Waals surface area contributed by atoms with E-state index in [9.17, 15) is 4.79 Å². The Bertz CT molecular complexity index is 393. The zero-order valence-corrected chi connectivity index (χ0v) is 10.2. The number of hydrogen-bond acceptors (Lipinski definition) is 3. The van der Waals surface area contributed by atoms with Crippen LogP contribution in [0.15, 0.2) is 24.3 Å². The molecule has 92 valence electrons. The van der Waals surface area contributed by atoms with Gasteiger partial charge in [0.2, 0.25) is 0 Å². The number of benzene rings is 1. The van der Waals surface area contributed by atoms with Crippen molar-refractivity contribution in [2.45, 2.75) is 31.3 Å². The normalized spacial score (nSPS) is 16.8. The van der Waals surface area contributed by atoms with E-state index in [0.717, 1.165) is 12.8 Å². The monoisotopic (exact) mass is 233 g/mol. The second kappa shape index (κ2) is 4.98. The fraction of sp³-hybridized carbons (Fsp3) is 0.500. The van der Waals surface area contributed by atoms with E-state index >= 15 is 0 Å². The highest BCUT2D eigenvalue weighted by Crippen LogP contribution is 2.42. The molecule has 1 aromatic rings. The molecule has 1 aliphatic rings. The van der Waals surface area contributed by atoms with Crippen LogP contribution < -0.4 is 5.73 Å². The van der Waals surface area contributed by atoms with Gasteiger partial charge in [-0.1, -0.05) is 24.3 Å². The molecule has 0 bridgehead atoms. The molecule has 1 saturated carbocycles. The minimum absolute atomic E-state index is 0.00731. The summed E-state index contributed by atoms with van der Waals surface area (Å²) in [7, 11) is 1.79. The lowest BCUT2D eigenvalue weighted by atomic mass is 10.0. The molecule has 0 radical (unpaired) electrons. The predicted octanol–water partition coefficient (Wildman–Crippen LogP) is 1.94. The van der Waals surface area contributed by atoms with Crippen LogP contribution in [0.3, 0.4) is 0 Å². The van der Waals surface area contributed by atoms with Crippen LogP contribution in [0.1, 0.15) is 35.2 Å². The van der Waals surface area contributed by atoms with Gasteiger partial charge in [-0.05, 0) is 31.2 Å². The van der Waals surface area contributed by atoms with Crippen molar-refractivity contribution in [2.75, 3.05) is 13.7 Å². The molecule has 0 unspecified atom stereocenters. The molecule has 0 saturated heterocycles. The molecule has 0 amide bonds. The van der Waals surface area contributed by atoms with E-state index in [0.29, 0.717) is 5.56 Å². The van der Waals surface area contributed by atoms with Crippen molar-refractivity contribution in [2.24, 2.45) is 5.73 Å². The molecule has 1 aromatic carbocycles. The summed E-state index contributed by atoms with van der Waals surface area (Å²) in [4.78, 5) is 11.4. The summed E-state index contributed by atoms with van der Waals surface area (Å²) in [5.74, 6) is -0.00731. The molecule has 0 heterocycles. The molecule has 3 nitrogen and oxygen atoms in total. The summed E-state index contributed by atoms with van der Waals surface area (Å²) in [6.07, 6.45) is 4.42. The van der Waals surface area contributed by atoms with Crippen molar-refractivity contribution in [3.63, 3.8) is 0 Å². The average molecular weight is 233 g/mol. The van der Waals surface area contributed by atoms with Crippen LogP contribution in [0.25, 0.3) is 0 Å². The van der Waals surface area contributed by atoms with Gasteiger partial charge in [0.15, 0.2) is 5.78 Å². The maximum Gasteiger partial charge on any atom is 0.176 e. The van der Waals surface area contributed by atoms with Crippen LogP contribution in [0, 0.1) is 0 Å². The Hall–Kier alpha value is -1.19. The second-order valence-corrected chi connectivity index (χ2v) is 4.71. The van der Waals surface area contributed by atoms with Gasteiger partial charge in [-0.3, -0.25) is 4.79 Å². The summed E-state index contributed by atoms with van der Waals surface area (Å²) in [5.41, 5.74) is 7.41. The van der Waals surface area contributed by atoms with Gasteiger partial charge in [-0.2, -0.15) is 0 Å². The molecule has 1 aliphatic carbocycles. The molecule has 0 aromatic heterocycles. The van der Waals surface area contributed by atoms with Crippen LogP contribution in [0.2, 0.25) is 0 Å². The summed E-state index contributed by atoms with van der Waals surface area (Å²) < 4.78 is 5.48. The van der Waals surface area contributed by atoms with E-state index in [1.54, 1.807) is 7.11 Å². The number of ketones is 1. The number of hydrogen-bond donors (Lipinski definition) is 1. The van der Waals surface area contributed by atoms with Crippen LogP contribution in [0.4, 0.5) is 0 Å². The molecular weight excluding hydrogens is 214 g/mol. The van der Waals surface area contributed by atoms with Gasteiger partial charge in [-0.15, -0.1) is 0 Å². The minimum atomic E-state index is -0.00731. The highest BCUT2D eigenvalue weighted by Gasteiger charge is 2.42. The number of ether oxygens (including phenoxy) is 1. The Labute approximate surface area is 102 Å². The van der Waals surface area contributed by atoms with Gasteiger partial charge in [0, 0.05) is 12.7 Å². The summed E-state index contributed by atoms with van der Waals surface area (Å²) in [5, 5.41) is 0. The van der Waals surface area contributed by atoms with E-state index < -0.39 is 0 Å². The quantitative estimate of drug-likeness (QED) is 0.764. The summed E-state index contributed by atoms with van der Waals surface area (Å²) >= 11 is 0. The van der Waals surface area contributed by atoms with Crippen molar-refractivity contribution >= 4 is 5.78 Å². The van der Waals surface area contributed by atoms with Crippen molar-refractivity contribution in [1.82, 2.24) is 0 Å². The van der Waals surface area contributed by atoms with E-state index in [1.807, 2.05) is 24.3 Å². The molecule has 0 spiro atoms. The third kappa shape index (κ3) is 2.93. The fourth-order valence-corrected chi connectivity index (χ4v) is 2.04. The average Bonchev–Trinajstić information content (AvgIpc) is 3.17. The number of Topliss-reactive ketones (excluding diaryl/α,β-unsaturated/α-hetero) is 1. The molecule has 3 heteroatoms. The van der Waals surface area contributed by atoms with E-state index in [1.165, 1.54) is 18.4 Å². The predicted molar refractivity (Wildman–Crippen MR) is 67.1 cm³/mol. The first-order valence-corrected chi connectivity index (χ1v) is 6.06. The number of carbonyl (C=O) groups excluding carboxylic acids is 1. The van der Waals surface area contributed by atoms with Gasteiger partial charge in [0.05, 0.1) is 12.1 Å². The summed E-state index contributed by atoms with van der Waals surface area (Å²) in [6.45, 7) is 0.0755. The second-order valence-electron chi connectivity index (χ2n) is 4.71. The molecule has 1 fully saturated rings. The Morgan fingerprint density at radius 2 is 2.00 bits per heavy atom. The van der Waals surface area contributed by atoms with Crippen LogP contribution in [-0.4, -0.2) is 25.0 Å². The number of carbonyl (C=O) groups is 1. The standard InChI is InChI=1S/C14H19NO2/c1-17-14(8-9-14)7-6-11-2-4-12(5-3-11)13(16)10-15/h2-5H,6-10,15H2,1H3. The Kier molecular flexibility index (Phi) is 3.60. The molecule has 0 atom stereocenters. The Morgan fingerprint density at radius 1 is 1.35 bits per heavy atom. The van der Waals surface area contributed by atoms with Crippen LogP contribution in [-0.2, 0) is 11.2 Å². The van der Waals surface area contributed by atoms with Crippen molar-refractivity contribution < 1.29 is 9.53 Å². The Balaban J connectivity index is 1.92. The van der Waals surface area contributed by atoms with E-state index in [2.05, 4.69) is 0 Å². The van der Waals surface area contributed by atoms with E-state index in [4.69, 9.17) is 10.5 Å². The van der Waals surface area contributed by atoms with Crippen LogP contribution in [0.5, 0.6) is 0 Å². The lowest BCUT2D eigenvalue weighted by molar-refractivity contribution is 0.0731. The number of nitrogens with two attached hydrogens (primary N) is 1. The fourth-order valence-electron chi connectivity index (χ4n) is 2.04. The minimum Gasteiger partial charge on any atom is -0.378 e. The largest absolute Gasteiger partial charge is 0.378 e. The first kappa shape index (κ1) is 12.3. The number of aryl methyl sites for hydroxylation is 1. The maximum absolute atomic E-state index is 11.4. The highest BCUT2D eigenvalue weighted by atomic mass is 16.5. The number of rotatable bonds is 6. The van der Waals surface area contributed by atoms with Crippen molar-refractivity contribution in [3.05, 3.63) is 35.4 Å². The first-order chi connectivity index (χ1) is 8.19. The van der Waals surface area contributed by atoms with Crippen LogP contribution >= 0.6 is 0 Å². The smallest absolute Gasteiger partial charge is 0.176 e. The molecule has 17 heavy (non-hydrogen) atoms. The zero-order valence-electron chi connectivity index (χ0n) is 10.2. The highest BCUT2D eigenvalue weighted by molar-refractivity contribution is 5.97. The lowest BCUT2D eigenvalue weighted by Crippen LogP contribution is -2.14. The third-order valence-electron chi connectivity index (χ3n) is 3.57. The molecule has 2 rings (SSSR count). The maximum atomic E-state index is 11.4. The summed E-state index contributed by atoms with van der Waals surface area (Å²) in [6, 6.07) is 7.73. The Morgan fingerprint density at radius 3 is 2.47 bits per heavy atom. The molecule has 0 aliphatic heterocycles. The van der Waals surface area contributed by atoms with Crippen molar-refractivity contribution in [3.8, 4) is 0 Å². The van der Waals surface area contributed by atoms with Crippen molar-refractivity contribution in [1.29, 1.82) is 0 Å². The zero-order chi connectivity index (χ0) is 12.3. The van der Waals surface area contributed by atoms with E-state index in [-0.39, 0.29) is 17.9 Å². The van der Waals surface area contributed by atoms with Gasteiger partial charge in [0.1, 0.15) is 0 Å². The third-order valence-corrected chi connectivity index (χ3v) is 3.57. The number of methoxy groups -OCH3 is 1. The molecular formula is C14H19NO2. The first-order valence-electron chi connectivity index (χ1n) is 6.06. The van der Waals surface area contributed by atoms with Gasteiger partial charge < -0.3 is 10.5 Å². The lowest BCUT2D eigenvalue weighted by Gasteiger charge is -2.12.